The molecule has 0 unspecified atom stereocenters. The Morgan fingerprint density at radius 1 is 1.18 bits per heavy atom. The van der Waals surface area contributed by atoms with Crippen LogP contribution in [0.5, 0.6) is 5.75 Å². The number of hydrogen-bond donors (Lipinski definition) is 1. The number of hydrogen-bond acceptors (Lipinski definition) is 4. The van der Waals surface area contributed by atoms with Crippen molar-refractivity contribution < 1.29 is 9.84 Å². The lowest BCUT2D eigenvalue weighted by Crippen LogP contribution is -2.49. The summed E-state index contributed by atoms with van der Waals surface area (Å²) in [6.07, 6.45) is 3.18. The van der Waals surface area contributed by atoms with E-state index in [0.29, 0.717) is 18.4 Å². The number of pyridine rings is 1. The van der Waals surface area contributed by atoms with Crippen molar-refractivity contribution in [1.29, 1.82) is 0 Å². The van der Waals surface area contributed by atoms with Gasteiger partial charge in [0.15, 0.2) is 0 Å². The van der Waals surface area contributed by atoms with E-state index in [1.807, 2.05) is 41.0 Å². The zero-order valence-electron chi connectivity index (χ0n) is 16.2. The highest BCUT2D eigenvalue weighted by atomic mass is 16.5. The summed E-state index contributed by atoms with van der Waals surface area (Å²) >= 11 is 0. The number of β-amino-alcohol motifs (C(OH)–C–C–N with tert-alkyl or cyclic N) is 1. The third-order valence-electron chi connectivity index (χ3n) is 5.79. The first-order valence-electron chi connectivity index (χ1n) is 10.1. The van der Waals surface area contributed by atoms with Gasteiger partial charge < -0.3 is 14.4 Å². The molecule has 5 nitrogen and oxygen atoms in total. The molecule has 0 radical (unpaired) electrons. The van der Waals surface area contributed by atoms with E-state index in [0.717, 1.165) is 49.5 Å². The summed E-state index contributed by atoms with van der Waals surface area (Å²) in [5.74, 6) is 1.64. The zero-order chi connectivity index (χ0) is 19.5. The van der Waals surface area contributed by atoms with Crippen LogP contribution in [0.1, 0.15) is 23.6 Å². The molecule has 2 aromatic rings. The first kappa shape index (κ1) is 19.0. The predicted molar refractivity (Wildman–Crippen MR) is 110 cm³/mol. The first-order valence-corrected chi connectivity index (χ1v) is 10.1. The Morgan fingerprint density at radius 3 is 2.89 bits per heavy atom. The maximum atomic E-state index is 12.1. The van der Waals surface area contributed by atoms with Crippen molar-refractivity contribution in [2.75, 3.05) is 26.2 Å². The lowest BCUT2D eigenvalue weighted by molar-refractivity contribution is 0.0382. The molecule has 1 saturated heterocycles. The quantitative estimate of drug-likeness (QED) is 0.750. The van der Waals surface area contributed by atoms with Crippen LogP contribution >= 0.6 is 0 Å². The molecule has 1 aromatic heterocycles. The molecular weight excluding hydrogens is 352 g/mol. The van der Waals surface area contributed by atoms with Gasteiger partial charge in [0.05, 0.1) is 0 Å². The number of aliphatic hydroxyl groups is 1. The molecule has 148 valence electrons. The molecule has 0 spiro atoms. The maximum Gasteiger partial charge on any atom is 0.250 e. The number of piperidine rings is 1. The van der Waals surface area contributed by atoms with Crippen LogP contribution in [0.4, 0.5) is 0 Å². The number of nitrogens with zero attached hydrogens (tertiary/aromatic N) is 2. The Bertz CT molecular complexity index is 891. The molecule has 3 heterocycles. The van der Waals surface area contributed by atoms with E-state index in [1.54, 1.807) is 6.07 Å². The van der Waals surface area contributed by atoms with Gasteiger partial charge in [-0.3, -0.25) is 9.69 Å². The topological polar surface area (TPSA) is 54.7 Å². The normalized spacial score (nSPS) is 22.3. The molecule has 2 bridgehead atoms. The summed E-state index contributed by atoms with van der Waals surface area (Å²) < 4.78 is 7.83. The summed E-state index contributed by atoms with van der Waals surface area (Å²) in [4.78, 5) is 14.5. The van der Waals surface area contributed by atoms with E-state index < -0.39 is 6.10 Å². The number of fused-ring (bicyclic) bond motifs is 4. The Kier molecular flexibility index (Phi) is 5.64. The Balaban J connectivity index is 1.36. The van der Waals surface area contributed by atoms with Crippen LogP contribution in [0, 0.1) is 5.92 Å². The summed E-state index contributed by atoms with van der Waals surface area (Å²) in [6, 6.07) is 13.5. The van der Waals surface area contributed by atoms with E-state index >= 15 is 0 Å². The highest BCUT2D eigenvalue weighted by molar-refractivity contribution is 5.34. The molecule has 1 fully saturated rings. The number of rotatable bonds is 7. The minimum atomic E-state index is -0.548. The van der Waals surface area contributed by atoms with Crippen molar-refractivity contribution in [1.82, 2.24) is 9.47 Å². The molecular formula is C23H28N2O3. The summed E-state index contributed by atoms with van der Waals surface area (Å²) in [6.45, 7) is 7.23. The number of aliphatic hydroxyl groups excluding tert-OH is 1. The molecule has 3 atom stereocenters. The number of para-hydroxylation sites is 1. The number of likely N-dealkylation sites (tertiary alicyclic amines) is 1. The SMILES string of the molecule is C=CCc1ccccc1OC[C@H](O)CN1C[C@H]2C[C@H](C1)c1cccc(=O)n1C2. The van der Waals surface area contributed by atoms with Crippen molar-refractivity contribution in [3.05, 3.63) is 76.7 Å². The Labute approximate surface area is 165 Å². The molecule has 1 aromatic carbocycles. The summed E-state index contributed by atoms with van der Waals surface area (Å²) in [5.41, 5.74) is 2.32. The third-order valence-corrected chi connectivity index (χ3v) is 5.79. The van der Waals surface area contributed by atoms with Gasteiger partial charge in [-0.15, -0.1) is 6.58 Å². The molecule has 0 saturated carbocycles. The minimum absolute atomic E-state index is 0.104. The highest BCUT2D eigenvalue weighted by Crippen LogP contribution is 2.34. The molecule has 2 aliphatic heterocycles. The average Bonchev–Trinajstić information content (AvgIpc) is 2.68. The molecule has 1 N–H and O–H groups in total. The van der Waals surface area contributed by atoms with Gasteiger partial charge in [0.2, 0.25) is 0 Å². The zero-order valence-corrected chi connectivity index (χ0v) is 16.2. The maximum absolute atomic E-state index is 12.1. The predicted octanol–water partition coefficient (Wildman–Crippen LogP) is 2.44. The first-order chi connectivity index (χ1) is 13.6. The van der Waals surface area contributed by atoms with Crippen molar-refractivity contribution >= 4 is 0 Å². The van der Waals surface area contributed by atoms with Crippen molar-refractivity contribution in [2.24, 2.45) is 5.92 Å². The lowest BCUT2D eigenvalue weighted by atomic mass is 9.83. The molecule has 0 amide bonds. The van der Waals surface area contributed by atoms with E-state index in [1.165, 1.54) is 0 Å². The molecule has 2 aliphatic rings. The second-order valence-electron chi connectivity index (χ2n) is 7.98. The van der Waals surface area contributed by atoms with Crippen molar-refractivity contribution in [3.8, 4) is 5.75 Å². The van der Waals surface area contributed by atoms with Crippen molar-refractivity contribution in [3.63, 3.8) is 0 Å². The van der Waals surface area contributed by atoms with Crippen LogP contribution in [0.25, 0.3) is 0 Å². The molecule has 0 aliphatic carbocycles. The van der Waals surface area contributed by atoms with Gasteiger partial charge in [0, 0.05) is 43.9 Å². The number of allylic oxidation sites excluding steroid dienone is 1. The Morgan fingerprint density at radius 2 is 2.04 bits per heavy atom. The number of benzene rings is 1. The second-order valence-corrected chi connectivity index (χ2v) is 7.98. The van der Waals surface area contributed by atoms with Gasteiger partial charge in [-0.05, 0) is 36.5 Å². The fourth-order valence-electron chi connectivity index (χ4n) is 4.65. The van der Waals surface area contributed by atoms with Gasteiger partial charge in [-0.1, -0.05) is 30.3 Å². The smallest absolute Gasteiger partial charge is 0.250 e. The van der Waals surface area contributed by atoms with Crippen LogP contribution in [-0.2, 0) is 13.0 Å². The second kappa shape index (κ2) is 8.33. The van der Waals surface area contributed by atoms with E-state index in [9.17, 15) is 9.90 Å². The van der Waals surface area contributed by atoms with E-state index in [-0.39, 0.29) is 12.2 Å². The van der Waals surface area contributed by atoms with Crippen LogP contribution in [0.2, 0.25) is 0 Å². The van der Waals surface area contributed by atoms with Crippen LogP contribution in [0.3, 0.4) is 0 Å². The van der Waals surface area contributed by atoms with Crippen LogP contribution in [0.15, 0.2) is 59.9 Å². The van der Waals surface area contributed by atoms with E-state index in [2.05, 4.69) is 17.5 Å². The van der Waals surface area contributed by atoms with Gasteiger partial charge in [-0.2, -0.15) is 0 Å². The van der Waals surface area contributed by atoms with Gasteiger partial charge in [0.1, 0.15) is 18.5 Å². The largest absolute Gasteiger partial charge is 0.491 e. The van der Waals surface area contributed by atoms with Gasteiger partial charge in [-0.25, -0.2) is 0 Å². The summed E-state index contributed by atoms with van der Waals surface area (Å²) in [5, 5.41) is 10.5. The average molecular weight is 380 g/mol. The lowest BCUT2D eigenvalue weighted by Gasteiger charge is -2.43. The number of aromatic nitrogens is 1. The van der Waals surface area contributed by atoms with Crippen LogP contribution < -0.4 is 10.3 Å². The van der Waals surface area contributed by atoms with Crippen LogP contribution in [-0.4, -0.2) is 46.9 Å². The standard InChI is InChI=1S/C23H28N2O3/c1-2-6-18-7-3-4-9-22(18)28-16-20(26)15-24-12-17-11-19(14-24)21-8-5-10-23(27)25(21)13-17/h2-5,7-10,17,19-20,26H,1,6,11-16H2/t17-,19-,20-/m1/s1. The molecule has 5 heteroatoms. The molecule has 4 rings (SSSR count). The van der Waals surface area contributed by atoms with Gasteiger partial charge >= 0.3 is 0 Å². The van der Waals surface area contributed by atoms with Gasteiger partial charge in [0.25, 0.3) is 5.56 Å². The highest BCUT2D eigenvalue weighted by Gasteiger charge is 2.34. The fraction of sp³-hybridized carbons (Fsp3) is 0.435. The van der Waals surface area contributed by atoms with Crippen molar-refractivity contribution in [2.45, 2.75) is 31.4 Å². The third kappa shape index (κ3) is 4.05. The monoisotopic (exact) mass is 380 g/mol. The number of ether oxygens (including phenoxy) is 1. The van der Waals surface area contributed by atoms with E-state index in [4.69, 9.17) is 4.74 Å². The summed E-state index contributed by atoms with van der Waals surface area (Å²) in [7, 11) is 0. The minimum Gasteiger partial charge on any atom is -0.491 e. The Hall–Kier alpha value is -2.37. The molecule has 28 heavy (non-hydrogen) atoms. The fourth-order valence-corrected chi connectivity index (χ4v) is 4.65.